The lowest BCUT2D eigenvalue weighted by Gasteiger charge is -2.34. The molecule has 1 aromatic heterocycles. The van der Waals surface area contributed by atoms with Gasteiger partial charge >= 0.3 is 0 Å². The average Bonchev–Trinajstić information content (AvgIpc) is 2.68. The molecule has 0 bridgehead atoms. The Hall–Kier alpha value is -2.88. The van der Waals surface area contributed by atoms with Gasteiger partial charge < -0.3 is 10.2 Å². The fourth-order valence-corrected chi connectivity index (χ4v) is 3.70. The fraction of sp³-hybridized carbons (Fsp3) is 0.273. The molecule has 0 saturated carbocycles. The van der Waals surface area contributed by atoms with Gasteiger partial charge in [0.25, 0.3) is 0 Å². The molecular formula is C22H23N3O. The van der Waals surface area contributed by atoms with E-state index >= 15 is 0 Å². The first-order valence-corrected chi connectivity index (χ1v) is 9.17. The minimum Gasteiger partial charge on any atom is -0.370 e. The summed E-state index contributed by atoms with van der Waals surface area (Å²) in [5.41, 5.74) is 4.27. The van der Waals surface area contributed by atoms with Crippen molar-refractivity contribution in [1.82, 2.24) is 4.98 Å². The van der Waals surface area contributed by atoms with Crippen LogP contribution < -0.4 is 10.2 Å². The molecule has 1 aliphatic rings. The first-order valence-electron chi connectivity index (χ1n) is 9.17. The van der Waals surface area contributed by atoms with Crippen LogP contribution in [0, 0.1) is 12.8 Å². The van der Waals surface area contributed by atoms with Crippen LogP contribution in [0.3, 0.4) is 0 Å². The summed E-state index contributed by atoms with van der Waals surface area (Å²) in [5.74, 6) is 0.104. The molecule has 2 heterocycles. The highest BCUT2D eigenvalue weighted by Gasteiger charge is 2.26. The number of carbonyl (C=O) groups is 1. The summed E-state index contributed by atoms with van der Waals surface area (Å²) in [6.07, 6.45) is 3.81. The molecule has 4 nitrogen and oxygen atoms in total. The van der Waals surface area contributed by atoms with E-state index in [1.54, 1.807) is 0 Å². The van der Waals surface area contributed by atoms with Gasteiger partial charge in [-0.15, -0.1) is 0 Å². The van der Waals surface area contributed by atoms with Crippen LogP contribution in [0.15, 0.2) is 60.8 Å². The number of aryl methyl sites for hydroxylation is 1. The van der Waals surface area contributed by atoms with Crippen LogP contribution in [0.2, 0.25) is 0 Å². The summed E-state index contributed by atoms with van der Waals surface area (Å²) >= 11 is 0. The van der Waals surface area contributed by atoms with E-state index in [1.807, 2.05) is 36.5 Å². The van der Waals surface area contributed by atoms with Gasteiger partial charge in [0, 0.05) is 36.0 Å². The molecule has 4 heteroatoms. The zero-order valence-corrected chi connectivity index (χ0v) is 15.0. The predicted molar refractivity (Wildman–Crippen MR) is 106 cm³/mol. The number of para-hydroxylation sites is 1. The third kappa shape index (κ3) is 3.40. The Morgan fingerprint density at radius 1 is 1.15 bits per heavy atom. The lowest BCUT2D eigenvalue weighted by Crippen LogP contribution is -2.40. The van der Waals surface area contributed by atoms with Crippen molar-refractivity contribution < 1.29 is 4.79 Å². The van der Waals surface area contributed by atoms with Crippen molar-refractivity contribution in [2.75, 3.05) is 23.3 Å². The van der Waals surface area contributed by atoms with Crippen molar-refractivity contribution in [2.24, 2.45) is 5.92 Å². The molecule has 1 aliphatic heterocycles. The molecule has 1 unspecified atom stereocenters. The minimum absolute atomic E-state index is 0.00280. The Balaban J connectivity index is 1.55. The summed E-state index contributed by atoms with van der Waals surface area (Å²) in [5, 5.41) is 4.22. The van der Waals surface area contributed by atoms with Crippen molar-refractivity contribution in [2.45, 2.75) is 19.8 Å². The third-order valence-corrected chi connectivity index (χ3v) is 5.05. The van der Waals surface area contributed by atoms with Crippen LogP contribution >= 0.6 is 0 Å². The van der Waals surface area contributed by atoms with Crippen molar-refractivity contribution in [3.05, 3.63) is 66.4 Å². The van der Waals surface area contributed by atoms with Gasteiger partial charge in [0.1, 0.15) is 0 Å². The second-order valence-corrected chi connectivity index (χ2v) is 6.99. The monoisotopic (exact) mass is 345 g/mol. The van der Waals surface area contributed by atoms with Crippen LogP contribution in [-0.2, 0) is 4.79 Å². The highest BCUT2D eigenvalue weighted by Crippen LogP contribution is 2.30. The Morgan fingerprint density at radius 2 is 2.00 bits per heavy atom. The van der Waals surface area contributed by atoms with Crippen molar-refractivity contribution in [3.8, 4) is 0 Å². The van der Waals surface area contributed by atoms with E-state index < -0.39 is 0 Å². The van der Waals surface area contributed by atoms with E-state index in [4.69, 9.17) is 0 Å². The van der Waals surface area contributed by atoms with Gasteiger partial charge in [-0.05, 0) is 50.1 Å². The standard InChI is InChI=1S/C22H23N3O/c1-16-9-10-20-19(14-16)21(11-12-23-20)25-13-5-6-17(15-25)22(26)24-18-7-3-2-4-8-18/h2-4,7-12,14,17H,5-6,13,15H2,1H3,(H,24,26). The molecule has 1 atom stereocenters. The summed E-state index contributed by atoms with van der Waals surface area (Å²) in [7, 11) is 0. The molecule has 26 heavy (non-hydrogen) atoms. The number of amides is 1. The Bertz CT molecular complexity index is 923. The molecule has 2 aromatic carbocycles. The number of piperidine rings is 1. The van der Waals surface area contributed by atoms with Crippen LogP contribution in [-0.4, -0.2) is 24.0 Å². The quantitative estimate of drug-likeness (QED) is 0.765. The largest absolute Gasteiger partial charge is 0.370 e. The van der Waals surface area contributed by atoms with Crippen molar-refractivity contribution in [3.63, 3.8) is 0 Å². The average molecular weight is 345 g/mol. The van der Waals surface area contributed by atoms with Crippen LogP contribution in [0.5, 0.6) is 0 Å². The number of fused-ring (bicyclic) bond motifs is 1. The molecule has 132 valence electrons. The molecule has 1 N–H and O–H groups in total. The number of nitrogens with zero attached hydrogens (tertiary/aromatic N) is 2. The SMILES string of the molecule is Cc1ccc2nccc(N3CCCC(C(=O)Nc4ccccc4)C3)c2c1. The van der Waals surface area contributed by atoms with Gasteiger partial charge in [0.05, 0.1) is 11.4 Å². The molecule has 3 aromatic rings. The fourth-order valence-electron chi connectivity index (χ4n) is 3.70. The molecule has 4 rings (SSSR count). The van der Waals surface area contributed by atoms with E-state index in [2.05, 4.69) is 46.4 Å². The number of hydrogen-bond donors (Lipinski definition) is 1. The number of carbonyl (C=O) groups excluding carboxylic acids is 1. The van der Waals surface area contributed by atoms with Crippen LogP contribution in [0.25, 0.3) is 10.9 Å². The second-order valence-electron chi connectivity index (χ2n) is 6.99. The maximum Gasteiger partial charge on any atom is 0.229 e. The molecule has 0 spiro atoms. The van der Waals surface area contributed by atoms with Gasteiger partial charge in [-0.2, -0.15) is 0 Å². The Labute approximate surface area is 153 Å². The van der Waals surface area contributed by atoms with Gasteiger partial charge in [-0.1, -0.05) is 29.8 Å². The topological polar surface area (TPSA) is 45.2 Å². The number of anilines is 2. The predicted octanol–water partition coefficient (Wildman–Crippen LogP) is 4.40. The number of rotatable bonds is 3. The second kappa shape index (κ2) is 7.16. The highest BCUT2D eigenvalue weighted by atomic mass is 16.1. The van der Waals surface area contributed by atoms with Gasteiger partial charge in [-0.25, -0.2) is 0 Å². The molecular weight excluding hydrogens is 322 g/mol. The summed E-state index contributed by atoms with van der Waals surface area (Å²) in [6, 6.07) is 18.1. The lowest BCUT2D eigenvalue weighted by atomic mass is 9.96. The maximum atomic E-state index is 12.7. The van der Waals surface area contributed by atoms with Gasteiger partial charge in [0.15, 0.2) is 0 Å². The smallest absolute Gasteiger partial charge is 0.229 e. The summed E-state index contributed by atoms with van der Waals surface area (Å²) in [6.45, 7) is 3.82. The van der Waals surface area contributed by atoms with Crippen LogP contribution in [0.4, 0.5) is 11.4 Å². The Kier molecular flexibility index (Phi) is 4.57. The molecule has 1 saturated heterocycles. The summed E-state index contributed by atoms with van der Waals surface area (Å²) < 4.78 is 0. The number of nitrogens with one attached hydrogen (secondary N) is 1. The van der Waals surface area contributed by atoms with E-state index in [9.17, 15) is 4.79 Å². The van der Waals surface area contributed by atoms with Crippen molar-refractivity contribution >= 4 is 28.2 Å². The molecule has 0 aliphatic carbocycles. The maximum absolute atomic E-state index is 12.7. The molecule has 0 radical (unpaired) electrons. The zero-order valence-electron chi connectivity index (χ0n) is 15.0. The first-order chi connectivity index (χ1) is 12.7. The molecule has 1 fully saturated rings. The normalized spacial score (nSPS) is 17.3. The first kappa shape index (κ1) is 16.6. The van der Waals surface area contributed by atoms with Crippen molar-refractivity contribution in [1.29, 1.82) is 0 Å². The van der Waals surface area contributed by atoms with Gasteiger partial charge in [-0.3, -0.25) is 9.78 Å². The zero-order chi connectivity index (χ0) is 17.9. The van der Waals surface area contributed by atoms with Gasteiger partial charge in [0.2, 0.25) is 5.91 Å². The van der Waals surface area contributed by atoms with E-state index in [0.717, 1.165) is 42.5 Å². The Morgan fingerprint density at radius 3 is 2.85 bits per heavy atom. The molecule has 1 amide bonds. The minimum atomic E-state index is -0.00280. The van der Waals surface area contributed by atoms with E-state index in [-0.39, 0.29) is 11.8 Å². The number of benzene rings is 2. The van der Waals surface area contributed by atoms with E-state index in [1.165, 1.54) is 11.3 Å². The lowest BCUT2D eigenvalue weighted by molar-refractivity contribution is -0.120. The highest BCUT2D eigenvalue weighted by molar-refractivity contribution is 5.94. The summed E-state index contributed by atoms with van der Waals surface area (Å²) in [4.78, 5) is 19.5. The van der Waals surface area contributed by atoms with E-state index in [0.29, 0.717) is 0 Å². The third-order valence-electron chi connectivity index (χ3n) is 5.05. The number of aromatic nitrogens is 1. The van der Waals surface area contributed by atoms with Crippen LogP contribution in [0.1, 0.15) is 18.4 Å². The number of hydrogen-bond acceptors (Lipinski definition) is 3. The number of pyridine rings is 1.